The van der Waals surface area contributed by atoms with Gasteiger partial charge >= 0.3 is 55.6 Å². The third-order valence-corrected chi connectivity index (χ3v) is 3.06. The molecule has 0 bridgehead atoms. The Hall–Kier alpha value is -0.940. The van der Waals surface area contributed by atoms with E-state index >= 15 is 0 Å². The molecule has 0 aliphatic rings. The van der Waals surface area contributed by atoms with Gasteiger partial charge in [0.05, 0.1) is 0 Å². The van der Waals surface area contributed by atoms with Crippen LogP contribution in [0.5, 0.6) is 0 Å². The summed E-state index contributed by atoms with van der Waals surface area (Å²) >= 11 is 0. The molecule has 0 spiro atoms. The quantitative estimate of drug-likeness (QED) is 0.176. The molecule has 0 aromatic carbocycles. The van der Waals surface area contributed by atoms with Crippen LogP contribution < -0.4 is 0 Å². The molecule has 0 atom stereocenters. The van der Waals surface area contributed by atoms with Crippen molar-refractivity contribution in [2.24, 2.45) is 5.92 Å². The molecule has 1 N–H and O–H groups in total. The molecular formula is C14H22CaO9S. The molecule has 0 aromatic heterocycles. The van der Waals surface area contributed by atoms with Crippen molar-refractivity contribution in [3.05, 3.63) is 24.3 Å². The second kappa shape index (κ2) is 14.3. The Morgan fingerprint density at radius 1 is 1.00 bits per heavy atom. The SMILES string of the molecule is CC=CC(=O)OCC(COC(=O)C=CC)C(=O)OCCS(=O)(=O)O.[Ca+2].[H-].[H-]. The first kappa shape index (κ1) is 26.3. The average Bonchev–Trinajstić information content (AvgIpc) is 2.46. The van der Waals surface area contributed by atoms with Gasteiger partial charge in [-0.2, -0.15) is 8.42 Å². The molecule has 0 unspecified atom stereocenters. The van der Waals surface area contributed by atoms with Crippen LogP contribution in [0.2, 0.25) is 0 Å². The van der Waals surface area contributed by atoms with Crippen molar-refractivity contribution in [3.8, 4) is 0 Å². The number of hydrogen-bond acceptors (Lipinski definition) is 8. The van der Waals surface area contributed by atoms with Crippen molar-refractivity contribution in [1.82, 2.24) is 0 Å². The minimum atomic E-state index is -4.28. The van der Waals surface area contributed by atoms with Gasteiger partial charge in [-0.05, 0) is 13.8 Å². The Morgan fingerprint density at radius 3 is 1.80 bits per heavy atom. The fourth-order valence-electron chi connectivity index (χ4n) is 1.28. The van der Waals surface area contributed by atoms with Gasteiger partial charge in [-0.3, -0.25) is 9.35 Å². The summed E-state index contributed by atoms with van der Waals surface area (Å²) in [7, 11) is -4.28. The van der Waals surface area contributed by atoms with Crippen LogP contribution in [0.3, 0.4) is 0 Å². The van der Waals surface area contributed by atoms with Crippen molar-refractivity contribution in [1.29, 1.82) is 0 Å². The van der Waals surface area contributed by atoms with Crippen molar-refractivity contribution in [2.75, 3.05) is 25.6 Å². The van der Waals surface area contributed by atoms with Gasteiger partial charge in [0.15, 0.2) is 0 Å². The van der Waals surface area contributed by atoms with Crippen molar-refractivity contribution < 1.29 is 44.4 Å². The topological polar surface area (TPSA) is 133 Å². The first-order valence-electron chi connectivity index (χ1n) is 6.90. The van der Waals surface area contributed by atoms with E-state index in [0.29, 0.717) is 0 Å². The molecule has 25 heavy (non-hydrogen) atoms. The summed E-state index contributed by atoms with van der Waals surface area (Å²) in [4.78, 5) is 34.4. The van der Waals surface area contributed by atoms with E-state index in [1.165, 1.54) is 12.2 Å². The van der Waals surface area contributed by atoms with E-state index < -0.39 is 59.5 Å². The van der Waals surface area contributed by atoms with Gasteiger partial charge in [-0.1, -0.05) is 12.2 Å². The fraction of sp³-hybridized carbons (Fsp3) is 0.500. The Balaban J connectivity index is -0.000000882. The van der Waals surface area contributed by atoms with E-state index in [1.54, 1.807) is 13.8 Å². The summed E-state index contributed by atoms with van der Waals surface area (Å²) in [5.74, 6) is -4.24. The summed E-state index contributed by atoms with van der Waals surface area (Å²) in [5.41, 5.74) is 0. The average molecular weight is 406 g/mol. The molecule has 0 aliphatic heterocycles. The van der Waals surface area contributed by atoms with Crippen LogP contribution in [-0.4, -0.2) is 94.2 Å². The molecule has 0 aromatic rings. The Labute approximate surface area is 179 Å². The first-order chi connectivity index (χ1) is 11.2. The first-order valence-corrected chi connectivity index (χ1v) is 8.51. The van der Waals surface area contributed by atoms with Crippen molar-refractivity contribution >= 4 is 65.8 Å². The zero-order valence-electron chi connectivity index (χ0n) is 16.0. The van der Waals surface area contributed by atoms with Gasteiger partial charge in [-0.15, -0.1) is 0 Å². The predicted molar refractivity (Wildman–Crippen MR) is 90.4 cm³/mol. The molecule has 0 fully saturated rings. The minimum absolute atomic E-state index is 0. The van der Waals surface area contributed by atoms with Gasteiger partial charge in [0.1, 0.15) is 31.5 Å². The number of esters is 3. The van der Waals surface area contributed by atoms with Gasteiger partial charge < -0.3 is 17.1 Å². The number of carbonyl (C=O) groups is 3. The van der Waals surface area contributed by atoms with E-state index in [-0.39, 0.29) is 40.6 Å². The van der Waals surface area contributed by atoms with Crippen LogP contribution in [0.15, 0.2) is 24.3 Å². The van der Waals surface area contributed by atoms with E-state index in [9.17, 15) is 22.8 Å². The maximum Gasteiger partial charge on any atom is 2.00 e. The molecule has 0 saturated heterocycles. The fourth-order valence-corrected chi connectivity index (χ4v) is 1.58. The van der Waals surface area contributed by atoms with Crippen LogP contribution in [0.4, 0.5) is 0 Å². The van der Waals surface area contributed by atoms with E-state index in [2.05, 4.69) is 4.74 Å². The Bertz CT molecular complexity index is 578. The van der Waals surface area contributed by atoms with Gasteiger partial charge in [-0.25, -0.2) is 9.59 Å². The number of carbonyl (C=O) groups excluding carboxylic acids is 3. The number of rotatable bonds is 10. The number of allylic oxidation sites excluding steroid dienone is 2. The largest absolute Gasteiger partial charge is 2.00 e. The Kier molecular flexibility index (Phi) is 15.0. The van der Waals surface area contributed by atoms with E-state index in [4.69, 9.17) is 14.0 Å². The van der Waals surface area contributed by atoms with E-state index in [1.807, 2.05) is 0 Å². The maximum absolute atomic E-state index is 11.9. The van der Waals surface area contributed by atoms with Crippen LogP contribution in [0.25, 0.3) is 0 Å². The summed E-state index contributed by atoms with van der Waals surface area (Å²) in [5, 5.41) is 0. The molecule has 9 nitrogen and oxygen atoms in total. The summed E-state index contributed by atoms with van der Waals surface area (Å²) in [6, 6.07) is 0. The second-order valence-electron chi connectivity index (χ2n) is 4.41. The van der Waals surface area contributed by atoms with Crippen LogP contribution >= 0.6 is 0 Å². The molecule has 0 heterocycles. The number of hydrogen-bond donors (Lipinski definition) is 1. The smallest absolute Gasteiger partial charge is 1.00 e. The monoisotopic (exact) mass is 406 g/mol. The van der Waals surface area contributed by atoms with Gasteiger partial charge in [0, 0.05) is 12.2 Å². The molecule has 140 valence electrons. The zero-order valence-corrected chi connectivity index (χ0v) is 17.1. The third-order valence-electron chi connectivity index (χ3n) is 2.38. The number of ether oxygens (including phenoxy) is 3. The van der Waals surface area contributed by atoms with Gasteiger partial charge in [0.25, 0.3) is 10.1 Å². The summed E-state index contributed by atoms with van der Waals surface area (Å²) < 4.78 is 44.0. The summed E-state index contributed by atoms with van der Waals surface area (Å²) in [6.07, 6.45) is 5.14. The molecule has 11 heteroatoms. The van der Waals surface area contributed by atoms with Crippen LogP contribution in [0, 0.1) is 5.92 Å². The maximum atomic E-state index is 11.9. The normalized spacial score (nSPS) is 12.4. The predicted octanol–water partition coefficient (Wildman–Crippen LogP) is 0.116. The molecule has 0 saturated carbocycles. The van der Waals surface area contributed by atoms with Crippen molar-refractivity contribution in [2.45, 2.75) is 13.8 Å². The zero-order chi connectivity index (χ0) is 18.6. The van der Waals surface area contributed by atoms with Crippen molar-refractivity contribution in [3.63, 3.8) is 0 Å². The molecular weight excluding hydrogens is 384 g/mol. The molecule has 0 radical (unpaired) electrons. The Morgan fingerprint density at radius 2 is 1.44 bits per heavy atom. The third kappa shape index (κ3) is 15.1. The van der Waals surface area contributed by atoms with Crippen LogP contribution in [-0.2, 0) is 38.7 Å². The molecule has 0 amide bonds. The molecule has 0 rings (SSSR count). The minimum Gasteiger partial charge on any atom is -1.00 e. The van der Waals surface area contributed by atoms with Crippen LogP contribution in [0.1, 0.15) is 16.7 Å². The van der Waals surface area contributed by atoms with E-state index in [0.717, 1.165) is 12.2 Å². The standard InChI is InChI=1S/C14H20O9S.Ca.2H/c1-3-5-12(15)22-9-11(10-23-13(16)6-4-2)14(17)21-7-8-24(18,19)20;;;/h3-6,11H,7-10H2,1-2H3,(H,18,19,20);;;/q;+2;2*-1. The second-order valence-corrected chi connectivity index (χ2v) is 5.98. The molecule has 0 aliphatic carbocycles. The summed E-state index contributed by atoms with van der Waals surface area (Å²) in [6.45, 7) is 1.77. The van der Waals surface area contributed by atoms with Gasteiger partial charge in [0.2, 0.25) is 0 Å².